The fraction of sp³-hybridized carbons (Fsp3) is 0.625. The van der Waals surface area contributed by atoms with E-state index in [-0.39, 0.29) is 11.7 Å². The van der Waals surface area contributed by atoms with Crippen LogP contribution < -0.4 is 0 Å². The summed E-state index contributed by atoms with van der Waals surface area (Å²) in [5, 5.41) is 0. The van der Waals surface area contributed by atoms with Gasteiger partial charge in [-0.3, -0.25) is 9.78 Å². The number of halogens is 1. The Balaban J connectivity index is 1.83. The highest BCUT2D eigenvalue weighted by atomic mass is 19.1. The maximum absolute atomic E-state index is 12.8. The lowest BCUT2D eigenvalue weighted by molar-refractivity contribution is 0.0118. The molecule has 1 atom stereocenters. The number of aromatic nitrogens is 1. The summed E-state index contributed by atoms with van der Waals surface area (Å²) < 4.78 is 18.5. The van der Waals surface area contributed by atoms with Gasteiger partial charge < -0.3 is 9.64 Å². The van der Waals surface area contributed by atoms with E-state index in [1.54, 1.807) is 0 Å². The van der Waals surface area contributed by atoms with Crippen molar-refractivity contribution in [2.75, 3.05) is 26.2 Å². The minimum absolute atomic E-state index is 0.0260. The molecule has 1 aromatic heterocycles. The van der Waals surface area contributed by atoms with E-state index in [0.29, 0.717) is 11.8 Å². The summed E-state index contributed by atoms with van der Waals surface area (Å²) in [6.07, 6.45) is 3.48. The summed E-state index contributed by atoms with van der Waals surface area (Å²) in [5.41, 5.74) is 0.341. The van der Waals surface area contributed by atoms with Crippen molar-refractivity contribution >= 4 is 5.78 Å². The maximum Gasteiger partial charge on any atom is 0.185 e. The van der Waals surface area contributed by atoms with Gasteiger partial charge in [0.2, 0.25) is 0 Å². The molecule has 116 valence electrons. The Hall–Kier alpha value is -1.33. The highest BCUT2D eigenvalue weighted by Crippen LogP contribution is 2.16. The van der Waals surface area contributed by atoms with Crippen molar-refractivity contribution in [1.29, 1.82) is 0 Å². The third kappa shape index (κ3) is 4.58. The lowest BCUT2D eigenvalue weighted by Gasteiger charge is -2.32. The molecule has 1 saturated heterocycles. The zero-order chi connectivity index (χ0) is 15.2. The molecule has 2 heterocycles. The number of Topliss-reactive ketones (excluding diaryl/α,β-unsaturated/α-hetero) is 1. The third-order valence-electron chi connectivity index (χ3n) is 3.90. The van der Waals surface area contributed by atoms with Crippen LogP contribution in [0.5, 0.6) is 0 Å². The van der Waals surface area contributed by atoms with Crippen LogP contribution >= 0.6 is 0 Å². The molecule has 1 aromatic rings. The van der Waals surface area contributed by atoms with Gasteiger partial charge in [0, 0.05) is 32.2 Å². The summed E-state index contributed by atoms with van der Waals surface area (Å²) in [4.78, 5) is 18.4. The molecular weight excluding hydrogens is 271 g/mol. The molecule has 0 amide bonds. The van der Waals surface area contributed by atoms with Gasteiger partial charge in [-0.2, -0.15) is 0 Å². The normalized spacial score (nSPS) is 18.6. The highest BCUT2D eigenvalue weighted by molar-refractivity contribution is 5.95. The highest BCUT2D eigenvalue weighted by Gasteiger charge is 2.24. The van der Waals surface area contributed by atoms with E-state index in [4.69, 9.17) is 4.74 Å². The smallest absolute Gasteiger partial charge is 0.185 e. The number of rotatable bonds is 6. The van der Waals surface area contributed by atoms with Crippen molar-refractivity contribution < 1.29 is 13.9 Å². The second-order valence-corrected chi connectivity index (χ2v) is 5.58. The molecule has 4 nitrogen and oxygen atoms in total. The Kier molecular flexibility index (Phi) is 5.82. The van der Waals surface area contributed by atoms with Crippen molar-refractivity contribution in [1.82, 2.24) is 9.88 Å². The molecule has 2 rings (SSSR count). The average molecular weight is 294 g/mol. The molecule has 1 aliphatic heterocycles. The van der Waals surface area contributed by atoms with Gasteiger partial charge in [-0.25, -0.2) is 4.39 Å². The van der Waals surface area contributed by atoms with Crippen molar-refractivity contribution in [3.8, 4) is 0 Å². The Morgan fingerprint density at radius 3 is 2.76 bits per heavy atom. The molecule has 0 aromatic carbocycles. The van der Waals surface area contributed by atoms with Crippen LogP contribution in [-0.2, 0) is 4.74 Å². The molecule has 1 fully saturated rings. The SMILES string of the molecule is CCOC1CCN(CC(C)C(=O)c2ccc(F)cn2)CC1. The van der Waals surface area contributed by atoms with Gasteiger partial charge in [-0.05, 0) is 31.9 Å². The molecule has 0 spiro atoms. The summed E-state index contributed by atoms with van der Waals surface area (Å²) in [5.74, 6) is -0.578. The first-order valence-corrected chi connectivity index (χ1v) is 7.60. The topological polar surface area (TPSA) is 42.4 Å². The summed E-state index contributed by atoms with van der Waals surface area (Å²) in [6, 6.07) is 2.73. The number of hydrogen-bond acceptors (Lipinski definition) is 4. The Morgan fingerprint density at radius 1 is 1.48 bits per heavy atom. The number of pyridine rings is 1. The summed E-state index contributed by atoms with van der Waals surface area (Å²) in [7, 11) is 0. The van der Waals surface area contributed by atoms with Gasteiger partial charge in [-0.1, -0.05) is 6.92 Å². The van der Waals surface area contributed by atoms with Crippen molar-refractivity contribution in [3.05, 3.63) is 29.8 Å². The number of ether oxygens (including phenoxy) is 1. The summed E-state index contributed by atoms with van der Waals surface area (Å²) >= 11 is 0. The molecule has 0 bridgehead atoms. The van der Waals surface area contributed by atoms with Crippen molar-refractivity contribution in [2.24, 2.45) is 5.92 Å². The van der Waals surface area contributed by atoms with Crippen LogP contribution in [0.25, 0.3) is 0 Å². The number of ketones is 1. The number of piperidine rings is 1. The first-order valence-electron chi connectivity index (χ1n) is 7.60. The van der Waals surface area contributed by atoms with Crippen LogP contribution in [0.3, 0.4) is 0 Å². The van der Waals surface area contributed by atoms with Crippen LogP contribution in [0.2, 0.25) is 0 Å². The van der Waals surface area contributed by atoms with E-state index in [1.807, 2.05) is 13.8 Å². The molecule has 5 heteroatoms. The van der Waals surface area contributed by atoms with Crippen molar-refractivity contribution in [2.45, 2.75) is 32.8 Å². The zero-order valence-electron chi connectivity index (χ0n) is 12.7. The molecule has 1 aliphatic rings. The number of carbonyl (C=O) groups excluding carboxylic acids is 1. The van der Waals surface area contributed by atoms with Gasteiger partial charge in [0.15, 0.2) is 5.78 Å². The Morgan fingerprint density at radius 2 is 2.19 bits per heavy atom. The first kappa shape index (κ1) is 16.0. The van der Waals surface area contributed by atoms with Crippen molar-refractivity contribution in [3.63, 3.8) is 0 Å². The average Bonchev–Trinajstić information content (AvgIpc) is 2.49. The molecule has 0 aliphatic carbocycles. The van der Waals surface area contributed by atoms with Gasteiger partial charge >= 0.3 is 0 Å². The number of carbonyl (C=O) groups is 1. The van der Waals surface area contributed by atoms with E-state index in [0.717, 1.165) is 45.3 Å². The number of nitrogens with zero attached hydrogens (tertiary/aromatic N) is 2. The quantitative estimate of drug-likeness (QED) is 0.756. The Bertz CT molecular complexity index is 456. The molecular formula is C16H23FN2O2. The molecule has 0 saturated carbocycles. The predicted molar refractivity (Wildman–Crippen MR) is 78.8 cm³/mol. The Labute approximate surface area is 125 Å². The second kappa shape index (κ2) is 7.61. The fourth-order valence-corrected chi connectivity index (χ4v) is 2.74. The fourth-order valence-electron chi connectivity index (χ4n) is 2.74. The van der Waals surface area contributed by atoms with Crippen LogP contribution in [0.1, 0.15) is 37.2 Å². The summed E-state index contributed by atoms with van der Waals surface area (Å²) in [6.45, 7) is 7.32. The zero-order valence-corrected chi connectivity index (χ0v) is 12.7. The molecule has 0 N–H and O–H groups in total. The third-order valence-corrected chi connectivity index (χ3v) is 3.90. The van der Waals surface area contributed by atoms with E-state index in [9.17, 15) is 9.18 Å². The van der Waals surface area contributed by atoms with E-state index in [1.165, 1.54) is 12.1 Å². The largest absolute Gasteiger partial charge is 0.378 e. The first-order chi connectivity index (χ1) is 10.1. The predicted octanol–water partition coefficient (Wildman–Crippen LogP) is 2.54. The van der Waals surface area contributed by atoms with E-state index >= 15 is 0 Å². The van der Waals surface area contributed by atoms with Gasteiger partial charge in [0.05, 0.1) is 12.3 Å². The standard InChI is InChI=1S/C16H23FN2O2/c1-3-21-14-6-8-19(9-7-14)11-12(2)16(20)15-5-4-13(17)10-18-15/h4-5,10,12,14H,3,6-9,11H2,1-2H3. The van der Waals surface area contributed by atoms with E-state index < -0.39 is 5.82 Å². The maximum atomic E-state index is 12.8. The van der Waals surface area contributed by atoms with Crippen LogP contribution in [-0.4, -0.2) is 48.0 Å². The number of hydrogen-bond donors (Lipinski definition) is 0. The van der Waals surface area contributed by atoms with Crippen LogP contribution in [0.4, 0.5) is 4.39 Å². The molecule has 0 radical (unpaired) electrons. The van der Waals surface area contributed by atoms with Crippen LogP contribution in [0, 0.1) is 11.7 Å². The van der Waals surface area contributed by atoms with E-state index in [2.05, 4.69) is 9.88 Å². The lowest BCUT2D eigenvalue weighted by Crippen LogP contribution is -2.40. The van der Waals surface area contributed by atoms with Gasteiger partial charge in [0.25, 0.3) is 0 Å². The minimum atomic E-state index is -0.419. The van der Waals surface area contributed by atoms with Crippen LogP contribution in [0.15, 0.2) is 18.3 Å². The van der Waals surface area contributed by atoms with Gasteiger partial charge in [0.1, 0.15) is 11.5 Å². The molecule has 1 unspecified atom stereocenters. The van der Waals surface area contributed by atoms with Gasteiger partial charge in [-0.15, -0.1) is 0 Å². The monoisotopic (exact) mass is 294 g/mol. The number of likely N-dealkylation sites (tertiary alicyclic amines) is 1. The second-order valence-electron chi connectivity index (χ2n) is 5.58. The molecule has 21 heavy (non-hydrogen) atoms. The lowest BCUT2D eigenvalue weighted by atomic mass is 10.0. The minimum Gasteiger partial charge on any atom is -0.378 e.